The fourth-order valence-corrected chi connectivity index (χ4v) is 6.04. The summed E-state index contributed by atoms with van der Waals surface area (Å²) in [5, 5.41) is 3.21. The van der Waals surface area contributed by atoms with Crippen LogP contribution in [-0.4, -0.2) is 37.6 Å². The molecule has 31 heavy (non-hydrogen) atoms. The number of hydrogen-bond donors (Lipinski definition) is 1. The summed E-state index contributed by atoms with van der Waals surface area (Å²) < 4.78 is 20.1. The molecule has 2 rings (SSSR count). The van der Waals surface area contributed by atoms with Crippen LogP contribution in [-0.2, 0) is 16.0 Å². The molecule has 170 valence electrons. The van der Waals surface area contributed by atoms with Gasteiger partial charge in [0.1, 0.15) is 29.9 Å². The zero-order valence-electron chi connectivity index (χ0n) is 17.6. The predicted octanol–water partition coefficient (Wildman–Crippen LogP) is 6.30. The van der Waals surface area contributed by atoms with E-state index in [4.69, 9.17) is 25.8 Å². The standard InChI is InChI=1S/C22H25ClI3NO4/c1-4-27-19(22(28)29-5-2)10-14-8-13(3)20(16(24)9-14)31-15-11-17(25)21(18(26)12-15)30-7-6-23/h8-9,11-12,19,27H,4-7,10H2,1-3H3. The zero-order chi connectivity index (χ0) is 23.0. The summed E-state index contributed by atoms with van der Waals surface area (Å²) in [5.41, 5.74) is 2.07. The van der Waals surface area contributed by atoms with E-state index in [9.17, 15) is 4.79 Å². The average Bonchev–Trinajstić information content (AvgIpc) is 2.70. The van der Waals surface area contributed by atoms with Gasteiger partial charge < -0.3 is 19.5 Å². The molecular formula is C22H25ClI3NO4. The maximum Gasteiger partial charge on any atom is 0.323 e. The second-order valence-electron chi connectivity index (χ2n) is 6.65. The lowest BCUT2D eigenvalue weighted by molar-refractivity contribution is -0.145. The normalized spacial score (nSPS) is 11.8. The van der Waals surface area contributed by atoms with Gasteiger partial charge >= 0.3 is 5.97 Å². The summed E-state index contributed by atoms with van der Waals surface area (Å²) in [6.07, 6.45) is 0.562. The van der Waals surface area contributed by atoms with E-state index >= 15 is 0 Å². The van der Waals surface area contributed by atoms with Crippen LogP contribution in [0.25, 0.3) is 0 Å². The number of ether oxygens (including phenoxy) is 3. The minimum atomic E-state index is -0.365. The highest BCUT2D eigenvalue weighted by atomic mass is 127. The zero-order valence-corrected chi connectivity index (χ0v) is 24.8. The van der Waals surface area contributed by atoms with Crippen LogP contribution in [0.4, 0.5) is 0 Å². The Labute approximate surface area is 229 Å². The largest absolute Gasteiger partial charge is 0.490 e. The smallest absolute Gasteiger partial charge is 0.323 e. The van der Waals surface area contributed by atoms with Gasteiger partial charge in [0.2, 0.25) is 0 Å². The highest BCUT2D eigenvalue weighted by Gasteiger charge is 2.20. The van der Waals surface area contributed by atoms with E-state index in [2.05, 4.69) is 85.2 Å². The van der Waals surface area contributed by atoms with Gasteiger partial charge in [-0.1, -0.05) is 13.0 Å². The van der Waals surface area contributed by atoms with E-state index in [1.54, 1.807) is 0 Å². The highest BCUT2D eigenvalue weighted by molar-refractivity contribution is 14.1. The lowest BCUT2D eigenvalue weighted by Crippen LogP contribution is -2.39. The number of carbonyl (C=O) groups excluding carboxylic acids is 1. The molecule has 0 saturated carbocycles. The predicted molar refractivity (Wildman–Crippen MR) is 150 cm³/mol. The Kier molecular flexibility index (Phi) is 11.9. The van der Waals surface area contributed by atoms with Crippen molar-refractivity contribution in [3.8, 4) is 17.2 Å². The highest BCUT2D eigenvalue weighted by Crippen LogP contribution is 2.37. The van der Waals surface area contributed by atoms with E-state index in [-0.39, 0.29) is 12.0 Å². The van der Waals surface area contributed by atoms with Crippen LogP contribution >= 0.6 is 79.4 Å². The number of nitrogens with one attached hydrogen (secondary N) is 1. The average molecular weight is 784 g/mol. The SMILES string of the molecule is CCNC(Cc1cc(C)c(Oc2cc(I)c(OCCCl)c(I)c2)c(I)c1)C(=O)OCC. The first-order chi connectivity index (χ1) is 14.8. The van der Waals surface area contributed by atoms with Gasteiger partial charge in [-0.3, -0.25) is 4.79 Å². The lowest BCUT2D eigenvalue weighted by atomic mass is 10.0. The molecule has 0 spiro atoms. The molecule has 1 N–H and O–H groups in total. The molecular weight excluding hydrogens is 758 g/mol. The van der Waals surface area contributed by atoms with Crippen molar-refractivity contribution in [3.05, 3.63) is 46.1 Å². The van der Waals surface area contributed by atoms with E-state index in [1.165, 1.54) is 0 Å². The molecule has 0 aliphatic carbocycles. The molecule has 0 aromatic heterocycles. The molecule has 2 aromatic carbocycles. The first-order valence-electron chi connectivity index (χ1n) is 9.85. The van der Waals surface area contributed by atoms with Crippen LogP contribution in [0.1, 0.15) is 25.0 Å². The van der Waals surface area contributed by atoms with E-state index in [1.807, 2.05) is 32.9 Å². The van der Waals surface area contributed by atoms with Crippen LogP contribution in [0.5, 0.6) is 17.2 Å². The van der Waals surface area contributed by atoms with E-state index in [0.29, 0.717) is 32.1 Å². The summed E-state index contributed by atoms with van der Waals surface area (Å²) in [7, 11) is 0. The van der Waals surface area contributed by atoms with Crippen LogP contribution < -0.4 is 14.8 Å². The third-order valence-electron chi connectivity index (χ3n) is 4.27. The van der Waals surface area contributed by atoms with Crippen molar-refractivity contribution in [2.45, 2.75) is 33.2 Å². The molecule has 1 atom stereocenters. The second-order valence-corrected chi connectivity index (χ2v) is 10.5. The fraction of sp³-hybridized carbons (Fsp3) is 0.409. The van der Waals surface area contributed by atoms with Gasteiger partial charge in [-0.25, -0.2) is 0 Å². The van der Waals surface area contributed by atoms with Crippen LogP contribution in [0.15, 0.2) is 24.3 Å². The van der Waals surface area contributed by atoms with Crippen molar-refractivity contribution in [2.75, 3.05) is 25.6 Å². The van der Waals surface area contributed by atoms with Gasteiger partial charge in [0.25, 0.3) is 0 Å². The number of likely N-dealkylation sites (N-methyl/N-ethyl adjacent to an activating group) is 1. The second kappa shape index (κ2) is 13.6. The third-order valence-corrected chi connectivity index (χ3v) is 6.82. The van der Waals surface area contributed by atoms with Crippen LogP contribution in [0, 0.1) is 17.6 Å². The minimum Gasteiger partial charge on any atom is -0.490 e. The molecule has 5 nitrogen and oxygen atoms in total. The third kappa shape index (κ3) is 8.04. The van der Waals surface area contributed by atoms with Gasteiger partial charge in [0, 0.05) is 0 Å². The minimum absolute atomic E-state index is 0.224. The number of alkyl halides is 1. The molecule has 0 saturated heterocycles. The maximum absolute atomic E-state index is 12.2. The van der Waals surface area contributed by atoms with Gasteiger partial charge in [0.15, 0.2) is 0 Å². The number of aryl methyl sites for hydroxylation is 1. The van der Waals surface area contributed by atoms with Crippen molar-refractivity contribution < 1.29 is 19.0 Å². The quantitative estimate of drug-likeness (QED) is 0.165. The number of benzene rings is 2. The Morgan fingerprint density at radius 1 is 1.06 bits per heavy atom. The first-order valence-corrected chi connectivity index (χ1v) is 13.6. The summed E-state index contributed by atoms with van der Waals surface area (Å²) >= 11 is 12.5. The van der Waals surface area contributed by atoms with Gasteiger partial charge in [-0.2, -0.15) is 0 Å². The Balaban J connectivity index is 2.23. The molecule has 2 aromatic rings. The van der Waals surface area contributed by atoms with Crippen molar-refractivity contribution >= 4 is 85.3 Å². The Bertz CT molecular complexity index is 864. The summed E-state index contributed by atoms with van der Waals surface area (Å²) in [6.45, 7) is 7.35. The molecule has 0 amide bonds. The van der Waals surface area contributed by atoms with Crippen LogP contribution in [0.2, 0.25) is 0 Å². The summed E-state index contributed by atoms with van der Waals surface area (Å²) in [4.78, 5) is 12.2. The molecule has 0 radical (unpaired) electrons. The molecule has 1 unspecified atom stereocenters. The number of halogens is 4. The monoisotopic (exact) mass is 783 g/mol. The summed E-state index contributed by atoms with van der Waals surface area (Å²) in [6, 6.07) is 7.67. The fourth-order valence-electron chi connectivity index (χ4n) is 3.00. The first kappa shape index (κ1) is 27.2. The number of hydrogen-bond acceptors (Lipinski definition) is 5. The Morgan fingerprint density at radius 2 is 1.71 bits per heavy atom. The topological polar surface area (TPSA) is 56.8 Å². The lowest BCUT2D eigenvalue weighted by Gasteiger charge is -2.18. The van der Waals surface area contributed by atoms with Crippen molar-refractivity contribution in [2.24, 2.45) is 0 Å². The van der Waals surface area contributed by atoms with Crippen molar-refractivity contribution in [3.63, 3.8) is 0 Å². The molecule has 0 aliphatic rings. The Morgan fingerprint density at radius 3 is 2.26 bits per heavy atom. The molecule has 9 heteroatoms. The van der Waals surface area contributed by atoms with Crippen molar-refractivity contribution in [1.29, 1.82) is 0 Å². The van der Waals surface area contributed by atoms with Gasteiger partial charge in [-0.15, -0.1) is 11.6 Å². The number of esters is 1. The number of carbonyl (C=O) groups is 1. The van der Waals surface area contributed by atoms with Crippen molar-refractivity contribution in [1.82, 2.24) is 5.32 Å². The molecule has 0 aliphatic heterocycles. The molecule has 0 bridgehead atoms. The maximum atomic E-state index is 12.2. The van der Waals surface area contributed by atoms with Crippen LogP contribution in [0.3, 0.4) is 0 Å². The van der Waals surface area contributed by atoms with E-state index in [0.717, 1.165) is 39.1 Å². The number of rotatable bonds is 11. The summed E-state index contributed by atoms with van der Waals surface area (Å²) in [5.74, 6) is 2.60. The molecule has 0 heterocycles. The van der Waals surface area contributed by atoms with E-state index < -0.39 is 0 Å². The van der Waals surface area contributed by atoms with Gasteiger partial charge in [0.05, 0.1) is 23.2 Å². The van der Waals surface area contributed by atoms with Gasteiger partial charge in [-0.05, 0) is 124 Å². The molecule has 0 fully saturated rings. The Hall–Kier alpha value is -0.0500.